The summed E-state index contributed by atoms with van der Waals surface area (Å²) in [4.78, 5) is 15.8. The Bertz CT molecular complexity index is 675. The van der Waals surface area contributed by atoms with Crippen LogP contribution in [0.1, 0.15) is 12.0 Å². The minimum absolute atomic E-state index is 0.0651. The van der Waals surface area contributed by atoms with Crippen molar-refractivity contribution < 1.29 is 13.2 Å². The van der Waals surface area contributed by atoms with Crippen molar-refractivity contribution in [3.8, 4) is 6.07 Å². The van der Waals surface area contributed by atoms with Crippen molar-refractivity contribution in [2.24, 2.45) is 0 Å². The SMILES string of the molecule is N#CC(=Cc1cccnc1)C(=O)NC1CCS(=O)(=O)C1. The highest BCUT2D eigenvalue weighted by Gasteiger charge is 2.29. The van der Waals surface area contributed by atoms with Gasteiger partial charge in [0.1, 0.15) is 11.6 Å². The molecule has 1 atom stereocenters. The average Bonchev–Trinajstić information content (AvgIpc) is 2.76. The van der Waals surface area contributed by atoms with Crippen molar-refractivity contribution in [1.29, 1.82) is 5.26 Å². The van der Waals surface area contributed by atoms with E-state index in [4.69, 9.17) is 5.26 Å². The maximum absolute atomic E-state index is 11.9. The van der Waals surface area contributed by atoms with Crippen LogP contribution < -0.4 is 5.32 Å². The molecule has 0 aromatic carbocycles. The molecule has 2 heterocycles. The number of hydrogen-bond donors (Lipinski definition) is 1. The minimum Gasteiger partial charge on any atom is -0.348 e. The molecule has 1 saturated heterocycles. The second kappa shape index (κ2) is 5.84. The number of carbonyl (C=O) groups excluding carboxylic acids is 1. The lowest BCUT2D eigenvalue weighted by Gasteiger charge is -2.09. The third-order valence-electron chi connectivity index (χ3n) is 2.93. The van der Waals surface area contributed by atoms with E-state index in [9.17, 15) is 13.2 Å². The summed E-state index contributed by atoms with van der Waals surface area (Å²) in [7, 11) is -3.06. The lowest BCUT2D eigenvalue weighted by atomic mass is 10.1. The summed E-state index contributed by atoms with van der Waals surface area (Å²) < 4.78 is 22.6. The zero-order chi connectivity index (χ0) is 14.6. The molecule has 0 bridgehead atoms. The maximum Gasteiger partial charge on any atom is 0.262 e. The summed E-state index contributed by atoms with van der Waals surface area (Å²) >= 11 is 0. The molecule has 1 aromatic rings. The van der Waals surface area contributed by atoms with E-state index in [1.807, 2.05) is 6.07 Å². The van der Waals surface area contributed by atoms with Crippen LogP contribution in [0, 0.1) is 11.3 Å². The number of amides is 1. The molecule has 0 radical (unpaired) electrons. The number of nitrogens with zero attached hydrogens (tertiary/aromatic N) is 2. The predicted molar refractivity (Wildman–Crippen MR) is 73.0 cm³/mol. The molecule has 104 valence electrons. The van der Waals surface area contributed by atoms with Crippen molar-refractivity contribution in [2.45, 2.75) is 12.5 Å². The lowest BCUT2D eigenvalue weighted by molar-refractivity contribution is -0.117. The first-order valence-corrected chi connectivity index (χ1v) is 7.85. The Labute approximate surface area is 117 Å². The van der Waals surface area contributed by atoms with Crippen molar-refractivity contribution in [3.05, 3.63) is 35.7 Å². The lowest BCUT2D eigenvalue weighted by Crippen LogP contribution is -2.36. The summed E-state index contributed by atoms with van der Waals surface area (Å²) in [5.41, 5.74) is 0.570. The number of nitrogens with one attached hydrogen (secondary N) is 1. The van der Waals surface area contributed by atoms with Crippen LogP contribution in [0.4, 0.5) is 0 Å². The number of rotatable bonds is 3. The molecular formula is C13H13N3O3S. The highest BCUT2D eigenvalue weighted by molar-refractivity contribution is 7.91. The maximum atomic E-state index is 11.9. The molecule has 1 aliphatic rings. The second-order valence-electron chi connectivity index (χ2n) is 4.53. The highest BCUT2D eigenvalue weighted by Crippen LogP contribution is 2.12. The molecule has 1 aliphatic heterocycles. The van der Waals surface area contributed by atoms with E-state index in [0.29, 0.717) is 12.0 Å². The van der Waals surface area contributed by atoms with Crippen LogP contribution in [0.15, 0.2) is 30.1 Å². The van der Waals surface area contributed by atoms with E-state index in [2.05, 4.69) is 10.3 Å². The smallest absolute Gasteiger partial charge is 0.262 e. The molecule has 1 aromatic heterocycles. The monoisotopic (exact) mass is 291 g/mol. The van der Waals surface area contributed by atoms with Crippen molar-refractivity contribution in [2.75, 3.05) is 11.5 Å². The molecule has 1 unspecified atom stereocenters. The first-order valence-electron chi connectivity index (χ1n) is 6.03. The summed E-state index contributed by atoms with van der Waals surface area (Å²) in [5, 5.41) is 11.6. The average molecular weight is 291 g/mol. The molecule has 20 heavy (non-hydrogen) atoms. The van der Waals surface area contributed by atoms with Crippen LogP contribution >= 0.6 is 0 Å². The molecule has 7 heteroatoms. The third-order valence-corrected chi connectivity index (χ3v) is 4.70. The first-order chi connectivity index (χ1) is 9.50. The molecule has 1 fully saturated rings. The van der Waals surface area contributed by atoms with Crippen molar-refractivity contribution in [3.63, 3.8) is 0 Å². The zero-order valence-electron chi connectivity index (χ0n) is 10.6. The van der Waals surface area contributed by atoms with Crippen LogP contribution in [0.2, 0.25) is 0 Å². The van der Waals surface area contributed by atoms with Gasteiger partial charge >= 0.3 is 0 Å². The van der Waals surface area contributed by atoms with Gasteiger partial charge < -0.3 is 5.32 Å². The zero-order valence-corrected chi connectivity index (χ0v) is 11.4. The molecule has 1 amide bonds. The first kappa shape index (κ1) is 14.2. The fourth-order valence-electron chi connectivity index (χ4n) is 1.95. The number of carbonyl (C=O) groups is 1. The van der Waals surface area contributed by atoms with Crippen LogP contribution in [0.3, 0.4) is 0 Å². The van der Waals surface area contributed by atoms with E-state index in [0.717, 1.165) is 0 Å². The Morgan fingerprint density at radius 3 is 2.90 bits per heavy atom. The molecular weight excluding hydrogens is 278 g/mol. The number of nitriles is 1. The van der Waals surface area contributed by atoms with E-state index < -0.39 is 21.8 Å². The molecule has 2 rings (SSSR count). The van der Waals surface area contributed by atoms with Crippen LogP contribution in [-0.4, -0.2) is 36.9 Å². The van der Waals surface area contributed by atoms with Crippen molar-refractivity contribution in [1.82, 2.24) is 10.3 Å². The Hall–Kier alpha value is -2.20. The van der Waals surface area contributed by atoms with Gasteiger partial charge in [-0.25, -0.2) is 8.42 Å². The van der Waals surface area contributed by atoms with Gasteiger partial charge in [0.2, 0.25) is 0 Å². The van der Waals surface area contributed by atoms with E-state index in [1.165, 1.54) is 12.3 Å². The second-order valence-corrected chi connectivity index (χ2v) is 6.76. The highest BCUT2D eigenvalue weighted by atomic mass is 32.2. The molecule has 1 N–H and O–H groups in total. The van der Waals surface area contributed by atoms with Gasteiger partial charge in [-0.05, 0) is 24.1 Å². The molecule has 0 spiro atoms. The molecule has 0 aliphatic carbocycles. The fraction of sp³-hybridized carbons (Fsp3) is 0.308. The number of aromatic nitrogens is 1. The van der Waals surface area contributed by atoms with Gasteiger partial charge in [0.05, 0.1) is 11.5 Å². The predicted octanol–water partition coefficient (Wildman–Crippen LogP) is 0.292. The summed E-state index contributed by atoms with van der Waals surface area (Å²) in [5.74, 6) is -0.547. The van der Waals surface area contributed by atoms with Gasteiger partial charge in [-0.15, -0.1) is 0 Å². The van der Waals surface area contributed by atoms with Crippen molar-refractivity contribution >= 4 is 21.8 Å². The van der Waals surface area contributed by atoms with Gasteiger partial charge in [0.15, 0.2) is 9.84 Å². The molecule has 0 saturated carbocycles. The number of sulfone groups is 1. The van der Waals surface area contributed by atoms with Crippen LogP contribution in [-0.2, 0) is 14.6 Å². The van der Waals surface area contributed by atoms with E-state index >= 15 is 0 Å². The standard InChI is InChI=1S/C13H13N3O3S/c14-7-11(6-10-2-1-4-15-8-10)13(17)16-12-3-5-20(18,19)9-12/h1-2,4,6,8,12H,3,5,9H2,(H,16,17). The van der Waals surface area contributed by atoms with Gasteiger partial charge in [0, 0.05) is 18.4 Å². The van der Waals surface area contributed by atoms with Gasteiger partial charge in [-0.1, -0.05) is 6.07 Å². The molecule has 6 nitrogen and oxygen atoms in total. The van der Waals surface area contributed by atoms with Crippen LogP contribution in [0.25, 0.3) is 6.08 Å². The largest absolute Gasteiger partial charge is 0.348 e. The Morgan fingerprint density at radius 1 is 1.55 bits per heavy atom. The van der Waals surface area contributed by atoms with Crippen LogP contribution in [0.5, 0.6) is 0 Å². The Kier molecular flexibility index (Phi) is 4.15. The number of hydrogen-bond acceptors (Lipinski definition) is 5. The topological polar surface area (TPSA) is 99.9 Å². The summed E-state index contributed by atoms with van der Waals surface area (Å²) in [6, 6.07) is 4.82. The van der Waals surface area contributed by atoms with Gasteiger partial charge in [-0.3, -0.25) is 9.78 Å². The summed E-state index contributed by atoms with van der Waals surface area (Å²) in [6.07, 6.45) is 4.93. The normalized spacial score (nSPS) is 21.1. The fourth-order valence-corrected chi connectivity index (χ4v) is 3.62. The van der Waals surface area contributed by atoms with E-state index in [1.54, 1.807) is 18.3 Å². The van der Waals surface area contributed by atoms with Gasteiger partial charge in [-0.2, -0.15) is 5.26 Å². The Balaban J connectivity index is 2.08. The number of pyridine rings is 1. The van der Waals surface area contributed by atoms with Gasteiger partial charge in [0.25, 0.3) is 5.91 Å². The summed E-state index contributed by atoms with van der Waals surface area (Å²) in [6.45, 7) is 0. The Morgan fingerprint density at radius 2 is 2.35 bits per heavy atom. The minimum atomic E-state index is -3.06. The third kappa shape index (κ3) is 3.65. The quantitative estimate of drug-likeness (QED) is 0.637. The van der Waals surface area contributed by atoms with E-state index in [-0.39, 0.29) is 17.1 Å².